The number of para-hydroxylation sites is 1. The molecule has 0 saturated heterocycles. The fraction of sp³-hybridized carbons (Fsp3) is 0.107. The molecule has 6 aromatic rings. The van der Waals surface area contributed by atoms with Crippen LogP contribution in [0.3, 0.4) is 0 Å². The van der Waals surface area contributed by atoms with E-state index in [4.69, 9.17) is 5.73 Å². The van der Waals surface area contributed by atoms with Crippen molar-refractivity contribution in [3.8, 4) is 16.1 Å². The number of nitrogen functional groups attached to an aromatic ring is 1. The first-order valence-electron chi connectivity index (χ1n) is 12.0. The number of hydrogen-bond donors (Lipinski definition) is 2. The third-order valence-corrected chi connectivity index (χ3v) is 7.48. The summed E-state index contributed by atoms with van der Waals surface area (Å²) in [5.41, 5.74) is 11.3. The van der Waals surface area contributed by atoms with E-state index in [1.54, 1.807) is 28.5 Å². The molecule has 0 radical (unpaired) electrons. The van der Waals surface area contributed by atoms with Gasteiger partial charge in [0.25, 0.3) is 11.5 Å². The van der Waals surface area contributed by atoms with Crippen LogP contribution in [-0.2, 0) is 0 Å². The van der Waals surface area contributed by atoms with Crippen LogP contribution < -0.4 is 16.6 Å². The number of nitrogens with one attached hydrogen (secondary N) is 1. The highest BCUT2D eigenvalue weighted by Gasteiger charge is 2.24. The third-order valence-electron chi connectivity index (χ3n) is 6.52. The van der Waals surface area contributed by atoms with Crippen LogP contribution in [0.15, 0.2) is 83.4 Å². The van der Waals surface area contributed by atoms with Crippen molar-refractivity contribution in [1.29, 1.82) is 0 Å². The number of pyridine rings is 1. The number of rotatable bonds is 5. The summed E-state index contributed by atoms with van der Waals surface area (Å²) in [4.78, 5) is 37.2. The van der Waals surface area contributed by atoms with Gasteiger partial charge < -0.3 is 11.1 Å². The summed E-state index contributed by atoms with van der Waals surface area (Å²) in [5, 5.41) is 8.57. The van der Waals surface area contributed by atoms with Gasteiger partial charge in [0.1, 0.15) is 5.56 Å². The number of aromatic nitrogens is 5. The molecule has 4 heterocycles. The van der Waals surface area contributed by atoms with Crippen LogP contribution in [0.25, 0.3) is 32.5 Å². The summed E-state index contributed by atoms with van der Waals surface area (Å²) in [7, 11) is 0. The second-order valence-electron chi connectivity index (χ2n) is 8.93. The van der Waals surface area contributed by atoms with Crippen LogP contribution in [0.5, 0.6) is 0 Å². The predicted octanol–water partition coefficient (Wildman–Crippen LogP) is 4.54. The molecule has 0 aliphatic heterocycles. The molecule has 3 N–H and O–H groups in total. The van der Waals surface area contributed by atoms with E-state index in [9.17, 15) is 9.59 Å². The van der Waals surface area contributed by atoms with Crippen molar-refractivity contribution >= 4 is 39.5 Å². The van der Waals surface area contributed by atoms with Crippen molar-refractivity contribution in [1.82, 2.24) is 29.5 Å². The molecule has 1 amide bonds. The Bertz CT molecular complexity index is 1890. The first-order valence-corrected chi connectivity index (χ1v) is 12.9. The fourth-order valence-corrected chi connectivity index (χ4v) is 5.59. The summed E-state index contributed by atoms with van der Waals surface area (Å²) in [6.07, 6.45) is 3.26. The Kier molecular flexibility index (Phi) is 5.73. The summed E-state index contributed by atoms with van der Waals surface area (Å²) >= 11 is 1.51. The van der Waals surface area contributed by atoms with E-state index in [-0.39, 0.29) is 16.9 Å². The monoisotopic (exact) mass is 521 g/mol. The predicted molar refractivity (Wildman–Crippen MR) is 149 cm³/mol. The molecule has 0 aliphatic carbocycles. The molecule has 0 aliphatic rings. The number of aryl methyl sites for hydroxylation is 1. The molecular weight excluding hydrogens is 498 g/mol. The average molecular weight is 522 g/mol. The minimum absolute atomic E-state index is 0.0805. The molecule has 10 heteroatoms. The zero-order chi connectivity index (χ0) is 26.4. The summed E-state index contributed by atoms with van der Waals surface area (Å²) < 4.78 is 3.12. The SMILES string of the molecule is Cc1ncsc1-c1cccc2cc([C@H](C)NC(=O)c3c(N)nn4cccnc34)n(-c3ccccc3)c(=O)c12. The van der Waals surface area contributed by atoms with E-state index >= 15 is 0 Å². The van der Waals surface area contributed by atoms with Gasteiger partial charge in [0.15, 0.2) is 11.5 Å². The normalized spacial score (nSPS) is 12.2. The maximum atomic E-state index is 14.2. The molecule has 188 valence electrons. The number of nitrogens with zero attached hydrogens (tertiary/aromatic N) is 5. The summed E-state index contributed by atoms with van der Waals surface area (Å²) in [6, 6.07) is 18.3. The largest absolute Gasteiger partial charge is 0.381 e. The van der Waals surface area contributed by atoms with Crippen molar-refractivity contribution in [2.75, 3.05) is 5.73 Å². The minimum Gasteiger partial charge on any atom is -0.381 e. The highest BCUT2D eigenvalue weighted by molar-refractivity contribution is 7.13. The highest BCUT2D eigenvalue weighted by atomic mass is 32.1. The van der Waals surface area contributed by atoms with Gasteiger partial charge in [-0.2, -0.15) is 0 Å². The minimum atomic E-state index is -0.549. The summed E-state index contributed by atoms with van der Waals surface area (Å²) in [6.45, 7) is 3.78. The Morgan fingerprint density at radius 1 is 1.08 bits per heavy atom. The third kappa shape index (κ3) is 3.82. The van der Waals surface area contributed by atoms with Crippen LogP contribution >= 0.6 is 11.3 Å². The number of carbonyl (C=O) groups is 1. The number of hydrogen-bond acceptors (Lipinski definition) is 7. The second kappa shape index (κ2) is 9.24. The van der Waals surface area contributed by atoms with Gasteiger partial charge in [0.2, 0.25) is 0 Å². The van der Waals surface area contributed by atoms with Crippen LogP contribution in [0, 0.1) is 6.92 Å². The second-order valence-corrected chi connectivity index (χ2v) is 9.78. The molecule has 1 atom stereocenters. The van der Waals surface area contributed by atoms with Crippen LogP contribution in [0.4, 0.5) is 5.82 Å². The van der Waals surface area contributed by atoms with Crippen molar-refractivity contribution in [3.63, 3.8) is 0 Å². The number of amides is 1. The molecule has 6 rings (SSSR count). The number of carbonyl (C=O) groups excluding carboxylic acids is 1. The van der Waals surface area contributed by atoms with E-state index in [0.717, 1.165) is 21.5 Å². The number of thiazole rings is 1. The molecule has 0 fully saturated rings. The average Bonchev–Trinajstić information content (AvgIpc) is 3.50. The van der Waals surface area contributed by atoms with E-state index in [2.05, 4.69) is 20.4 Å². The zero-order valence-corrected chi connectivity index (χ0v) is 21.4. The van der Waals surface area contributed by atoms with E-state index < -0.39 is 11.9 Å². The summed E-state index contributed by atoms with van der Waals surface area (Å²) in [5.74, 6) is -0.346. The molecule has 2 aromatic carbocycles. The van der Waals surface area contributed by atoms with Gasteiger partial charge in [0, 0.05) is 29.3 Å². The maximum absolute atomic E-state index is 14.2. The zero-order valence-electron chi connectivity index (χ0n) is 20.6. The Morgan fingerprint density at radius 3 is 2.66 bits per heavy atom. The Hall–Kier alpha value is -4.83. The van der Waals surface area contributed by atoms with E-state index in [0.29, 0.717) is 22.4 Å². The fourth-order valence-electron chi connectivity index (χ4n) is 4.76. The maximum Gasteiger partial charge on any atom is 0.263 e. The van der Waals surface area contributed by atoms with Gasteiger partial charge in [-0.05, 0) is 43.5 Å². The van der Waals surface area contributed by atoms with Crippen molar-refractivity contribution in [2.45, 2.75) is 19.9 Å². The van der Waals surface area contributed by atoms with Gasteiger partial charge in [-0.25, -0.2) is 14.5 Å². The lowest BCUT2D eigenvalue weighted by molar-refractivity contribution is 0.0941. The number of anilines is 1. The van der Waals surface area contributed by atoms with Gasteiger partial charge in [-0.15, -0.1) is 16.4 Å². The topological polar surface area (TPSA) is 120 Å². The molecule has 0 bridgehead atoms. The smallest absolute Gasteiger partial charge is 0.263 e. The first-order chi connectivity index (χ1) is 18.4. The Labute approximate surface area is 221 Å². The molecule has 9 nitrogen and oxygen atoms in total. The van der Waals surface area contributed by atoms with Gasteiger partial charge >= 0.3 is 0 Å². The van der Waals surface area contributed by atoms with Gasteiger partial charge in [-0.1, -0.05) is 36.4 Å². The van der Waals surface area contributed by atoms with Crippen molar-refractivity contribution in [2.24, 2.45) is 0 Å². The number of fused-ring (bicyclic) bond motifs is 2. The van der Waals surface area contributed by atoms with Gasteiger partial charge in [0.05, 0.1) is 27.5 Å². The quantitative estimate of drug-likeness (QED) is 0.344. The molecule has 38 heavy (non-hydrogen) atoms. The first kappa shape index (κ1) is 23.6. The van der Waals surface area contributed by atoms with Gasteiger partial charge in [-0.3, -0.25) is 14.2 Å². The lowest BCUT2D eigenvalue weighted by Gasteiger charge is -2.21. The number of benzene rings is 2. The molecule has 4 aromatic heterocycles. The lowest BCUT2D eigenvalue weighted by Crippen LogP contribution is -2.32. The van der Waals surface area contributed by atoms with Crippen LogP contribution in [-0.4, -0.2) is 30.1 Å². The lowest BCUT2D eigenvalue weighted by atomic mass is 10.0. The van der Waals surface area contributed by atoms with Crippen LogP contribution in [0.2, 0.25) is 0 Å². The van der Waals surface area contributed by atoms with Crippen LogP contribution in [0.1, 0.15) is 34.7 Å². The molecular formula is C28H23N7O2S. The molecule has 0 unspecified atom stereocenters. The number of nitrogens with two attached hydrogens (primary N) is 1. The Morgan fingerprint density at radius 2 is 1.89 bits per heavy atom. The molecule has 0 spiro atoms. The van der Waals surface area contributed by atoms with Crippen molar-refractivity contribution < 1.29 is 4.79 Å². The van der Waals surface area contributed by atoms with Crippen molar-refractivity contribution in [3.05, 3.63) is 106 Å². The highest BCUT2D eigenvalue weighted by Crippen LogP contribution is 2.33. The molecule has 0 saturated carbocycles. The standard InChI is InChI=1S/C28H23N7O2S/c1-16(32-27(36)23-25(29)33-34-13-7-12-30-26(23)34)21-14-18-8-6-11-20(24-17(2)31-15-38-24)22(18)28(37)35(21)19-9-4-3-5-10-19/h3-16H,1-2H3,(H2,29,33)(H,32,36)/t16-/m0/s1. The van der Waals surface area contributed by atoms with E-state index in [1.165, 1.54) is 15.9 Å². The van der Waals surface area contributed by atoms with E-state index in [1.807, 2.05) is 68.4 Å². The Balaban J connectivity index is 1.52.